The molecule has 174 valence electrons. The first-order valence-corrected chi connectivity index (χ1v) is 12.8. The fourth-order valence-corrected chi connectivity index (χ4v) is 4.99. The van der Waals surface area contributed by atoms with Crippen LogP contribution in [0.4, 0.5) is 5.69 Å². The Morgan fingerprint density at radius 1 is 0.706 bits per heavy atom. The number of nitrogens with one attached hydrogen (secondary N) is 1. The average Bonchev–Trinajstić information content (AvgIpc) is 2.83. The maximum absolute atomic E-state index is 12.6. The lowest BCUT2D eigenvalue weighted by molar-refractivity contribution is 0.482. The molecule has 0 saturated heterocycles. The molecule has 4 aromatic rings. The number of hydrogen-bond donors (Lipinski definition) is 1. The van der Waals surface area contributed by atoms with E-state index in [1.165, 1.54) is 29.3 Å². The smallest absolute Gasteiger partial charge is 0.261 e. The number of benzene rings is 4. The lowest BCUT2D eigenvalue weighted by Gasteiger charge is -2.26. The minimum absolute atomic E-state index is 0.0285. The van der Waals surface area contributed by atoms with Crippen molar-refractivity contribution in [2.75, 3.05) is 4.72 Å². The van der Waals surface area contributed by atoms with Gasteiger partial charge in [-0.05, 0) is 65.7 Å². The Labute approximate surface area is 210 Å². The van der Waals surface area contributed by atoms with Crippen molar-refractivity contribution in [2.45, 2.75) is 24.2 Å². The van der Waals surface area contributed by atoms with Gasteiger partial charge in [0.1, 0.15) is 11.5 Å². The standard InChI is InChI=1S/C27H23Cl2NO3S/c1-27(2,19-6-4-3-5-7-19)20-8-12-22(13-9-20)33-23-14-10-21(11-15-23)30-34(31,32)24-16-17-25(28)26(29)18-24/h3-18,30H,1-2H3. The number of halogens is 2. The number of sulfonamides is 1. The van der Waals surface area contributed by atoms with Gasteiger partial charge >= 0.3 is 0 Å². The number of rotatable bonds is 7. The van der Waals surface area contributed by atoms with E-state index in [0.29, 0.717) is 22.2 Å². The summed E-state index contributed by atoms with van der Waals surface area (Å²) < 4.78 is 33.7. The Morgan fingerprint density at radius 2 is 1.26 bits per heavy atom. The van der Waals surface area contributed by atoms with Crippen LogP contribution >= 0.6 is 23.2 Å². The predicted molar refractivity (Wildman–Crippen MR) is 139 cm³/mol. The summed E-state index contributed by atoms with van der Waals surface area (Å²) in [5.74, 6) is 1.28. The van der Waals surface area contributed by atoms with E-state index in [-0.39, 0.29) is 15.3 Å². The van der Waals surface area contributed by atoms with E-state index in [2.05, 4.69) is 42.8 Å². The van der Waals surface area contributed by atoms with Crippen molar-refractivity contribution < 1.29 is 13.2 Å². The molecular formula is C27H23Cl2NO3S. The fourth-order valence-electron chi connectivity index (χ4n) is 3.55. The van der Waals surface area contributed by atoms with Crippen molar-refractivity contribution in [3.05, 3.63) is 118 Å². The van der Waals surface area contributed by atoms with Crippen LogP contribution in [0.5, 0.6) is 11.5 Å². The molecule has 0 aliphatic heterocycles. The van der Waals surface area contributed by atoms with Gasteiger partial charge in [-0.3, -0.25) is 4.72 Å². The molecule has 0 unspecified atom stereocenters. The van der Waals surface area contributed by atoms with Gasteiger partial charge in [0.2, 0.25) is 0 Å². The molecule has 7 heteroatoms. The van der Waals surface area contributed by atoms with Crippen molar-refractivity contribution in [3.8, 4) is 11.5 Å². The summed E-state index contributed by atoms with van der Waals surface area (Å²) in [6, 6.07) is 29.2. The average molecular weight is 512 g/mol. The molecule has 0 radical (unpaired) electrons. The SMILES string of the molecule is CC(C)(c1ccccc1)c1ccc(Oc2ccc(NS(=O)(=O)c3ccc(Cl)c(Cl)c3)cc2)cc1. The van der Waals surface area contributed by atoms with Gasteiger partial charge in [-0.15, -0.1) is 0 Å². The van der Waals surface area contributed by atoms with Gasteiger partial charge in [-0.25, -0.2) is 8.42 Å². The van der Waals surface area contributed by atoms with Crippen molar-refractivity contribution in [2.24, 2.45) is 0 Å². The molecule has 4 aromatic carbocycles. The zero-order valence-corrected chi connectivity index (χ0v) is 21.0. The van der Waals surface area contributed by atoms with Gasteiger partial charge in [0.05, 0.1) is 14.9 Å². The van der Waals surface area contributed by atoms with Gasteiger partial charge in [-0.1, -0.05) is 79.5 Å². The molecule has 0 atom stereocenters. The van der Waals surface area contributed by atoms with Crippen molar-refractivity contribution in [3.63, 3.8) is 0 Å². The summed E-state index contributed by atoms with van der Waals surface area (Å²) in [4.78, 5) is 0.0285. The summed E-state index contributed by atoms with van der Waals surface area (Å²) >= 11 is 11.8. The summed E-state index contributed by atoms with van der Waals surface area (Å²) in [6.45, 7) is 4.38. The van der Waals surface area contributed by atoms with E-state index in [4.69, 9.17) is 27.9 Å². The zero-order valence-electron chi connectivity index (χ0n) is 18.6. The van der Waals surface area contributed by atoms with Crippen LogP contribution in [0.3, 0.4) is 0 Å². The van der Waals surface area contributed by atoms with E-state index >= 15 is 0 Å². The van der Waals surface area contributed by atoms with Crippen LogP contribution in [-0.2, 0) is 15.4 Å². The Morgan fingerprint density at radius 3 is 1.85 bits per heavy atom. The minimum atomic E-state index is -3.80. The molecule has 1 N–H and O–H groups in total. The van der Waals surface area contributed by atoms with Crippen molar-refractivity contribution >= 4 is 38.9 Å². The highest BCUT2D eigenvalue weighted by Gasteiger charge is 2.22. The molecule has 34 heavy (non-hydrogen) atoms. The van der Waals surface area contributed by atoms with E-state index in [0.717, 1.165) is 0 Å². The minimum Gasteiger partial charge on any atom is -0.457 e. The lowest BCUT2D eigenvalue weighted by atomic mass is 9.78. The number of anilines is 1. The van der Waals surface area contributed by atoms with Crippen LogP contribution in [0.15, 0.2) is 102 Å². The van der Waals surface area contributed by atoms with Crippen LogP contribution in [-0.4, -0.2) is 8.42 Å². The molecule has 0 aliphatic carbocycles. The van der Waals surface area contributed by atoms with Gasteiger partial charge in [-0.2, -0.15) is 0 Å². The number of ether oxygens (including phenoxy) is 1. The highest BCUT2D eigenvalue weighted by atomic mass is 35.5. The van der Waals surface area contributed by atoms with Crippen LogP contribution in [0.1, 0.15) is 25.0 Å². The van der Waals surface area contributed by atoms with Crippen molar-refractivity contribution in [1.82, 2.24) is 0 Å². The van der Waals surface area contributed by atoms with Gasteiger partial charge in [0.25, 0.3) is 10.0 Å². The van der Waals surface area contributed by atoms with E-state index in [9.17, 15) is 8.42 Å². The third kappa shape index (κ3) is 5.39. The summed E-state index contributed by atoms with van der Waals surface area (Å²) in [7, 11) is -3.80. The highest BCUT2D eigenvalue weighted by Crippen LogP contribution is 2.33. The Bertz CT molecular complexity index is 1390. The second-order valence-corrected chi connectivity index (χ2v) is 10.8. The summed E-state index contributed by atoms with van der Waals surface area (Å²) in [5.41, 5.74) is 2.69. The van der Waals surface area contributed by atoms with Crippen molar-refractivity contribution in [1.29, 1.82) is 0 Å². The van der Waals surface area contributed by atoms with Gasteiger partial charge in [0.15, 0.2) is 0 Å². The van der Waals surface area contributed by atoms with Crippen LogP contribution < -0.4 is 9.46 Å². The Kier molecular flexibility index (Phi) is 6.89. The normalized spacial score (nSPS) is 11.8. The van der Waals surface area contributed by atoms with Gasteiger partial charge < -0.3 is 4.74 Å². The number of hydrogen-bond acceptors (Lipinski definition) is 3. The molecular weight excluding hydrogens is 489 g/mol. The Balaban J connectivity index is 1.44. The molecule has 0 fully saturated rings. The first-order chi connectivity index (χ1) is 16.1. The highest BCUT2D eigenvalue weighted by molar-refractivity contribution is 7.92. The molecule has 4 nitrogen and oxygen atoms in total. The van der Waals surface area contributed by atoms with E-state index in [1.54, 1.807) is 24.3 Å². The molecule has 0 aromatic heterocycles. The second kappa shape index (κ2) is 9.71. The van der Waals surface area contributed by atoms with Gasteiger partial charge in [0, 0.05) is 11.1 Å². The van der Waals surface area contributed by atoms with Crippen LogP contribution in [0.25, 0.3) is 0 Å². The third-order valence-electron chi connectivity index (χ3n) is 5.62. The van der Waals surface area contributed by atoms with Crippen LogP contribution in [0, 0.1) is 0 Å². The molecule has 0 spiro atoms. The zero-order chi connectivity index (χ0) is 24.3. The molecule has 0 saturated carbocycles. The van der Waals surface area contributed by atoms with E-state index < -0.39 is 10.0 Å². The first kappa shape index (κ1) is 24.1. The fraction of sp³-hybridized carbons (Fsp3) is 0.111. The Hall–Kier alpha value is -2.99. The maximum atomic E-state index is 12.6. The predicted octanol–water partition coefficient (Wildman–Crippen LogP) is 7.91. The lowest BCUT2D eigenvalue weighted by Crippen LogP contribution is -2.18. The quantitative estimate of drug-likeness (QED) is 0.274. The molecule has 0 aliphatic rings. The second-order valence-electron chi connectivity index (χ2n) is 8.32. The summed E-state index contributed by atoms with van der Waals surface area (Å²) in [6.07, 6.45) is 0. The van der Waals surface area contributed by atoms with E-state index in [1.807, 2.05) is 30.3 Å². The molecule has 0 bridgehead atoms. The maximum Gasteiger partial charge on any atom is 0.261 e. The summed E-state index contributed by atoms with van der Waals surface area (Å²) in [5, 5.41) is 0.463. The largest absolute Gasteiger partial charge is 0.457 e. The molecule has 4 rings (SSSR count). The molecule has 0 heterocycles. The molecule has 0 amide bonds. The third-order valence-corrected chi connectivity index (χ3v) is 7.73. The monoisotopic (exact) mass is 511 g/mol. The topological polar surface area (TPSA) is 55.4 Å². The first-order valence-electron chi connectivity index (χ1n) is 10.6. The van der Waals surface area contributed by atoms with Crippen LogP contribution in [0.2, 0.25) is 10.0 Å².